The van der Waals surface area contributed by atoms with Gasteiger partial charge in [-0.2, -0.15) is 10.1 Å². The van der Waals surface area contributed by atoms with Crippen molar-refractivity contribution in [1.29, 1.82) is 0 Å². The molecule has 3 aromatic carbocycles. The van der Waals surface area contributed by atoms with Crippen molar-refractivity contribution in [3.63, 3.8) is 0 Å². The number of rotatable bonds is 7. The smallest absolute Gasteiger partial charge is 0.400 e. The predicted octanol–water partition coefficient (Wildman–Crippen LogP) is 6.38. The molecule has 0 saturated carbocycles. The maximum Gasteiger partial charge on any atom is 0.433 e. The van der Waals surface area contributed by atoms with Crippen molar-refractivity contribution in [3.8, 4) is 0 Å². The normalized spacial score (nSPS) is 11.2. The Labute approximate surface area is 210 Å². The van der Waals surface area contributed by atoms with Crippen molar-refractivity contribution in [2.45, 2.75) is 13.3 Å². The Bertz CT molecular complexity index is 1570. The zero-order chi connectivity index (χ0) is 25.1. The van der Waals surface area contributed by atoms with E-state index < -0.39 is 10.8 Å². The zero-order valence-electron chi connectivity index (χ0n) is 19.2. The van der Waals surface area contributed by atoms with E-state index in [1.165, 1.54) is 40.3 Å². The first kappa shape index (κ1) is 23.1. The average molecular weight is 497 g/mol. The van der Waals surface area contributed by atoms with Gasteiger partial charge in [0.1, 0.15) is 4.92 Å². The number of hydrogen-bond acceptors (Lipinski definition) is 7. The highest BCUT2D eigenvalue weighted by molar-refractivity contribution is 7.22. The first-order valence-corrected chi connectivity index (χ1v) is 11.9. The van der Waals surface area contributed by atoms with Crippen molar-refractivity contribution >= 4 is 44.7 Å². The summed E-state index contributed by atoms with van der Waals surface area (Å²) >= 11 is 1.33. The molecule has 2 heterocycles. The van der Waals surface area contributed by atoms with Gasteiger partial charge in [0.2, 0.25) is 5.13 Å². The van der Waals surface area contributed by atoms with Gasteiger partial charge in [0, 0.05) is 5.56 Å². The number of carbonyl (C=O) groups is 1. The number of nitro groups is 1. The molecule has 0 spiro atoms. The Kier molecular flexibility index (Phi) is 6.38. The molecule has 0 N–H and O–H groups in total. The van der Waals surface area contributed by atoms with Crippen LogP contribution in [0.2, 0.25) is 0 Å². The van der Waals surface area contributed by atoms with E-state index in [9.17, 15) is 14.9 Å². The second-order valence-corrected chi connectivity index (χ2v) is 9.13. The fourth-order valence-electron chi connectivity index (χ4n) is 3.64. The highest BCUT2D eigenvalue weighted by atomic mass is 32.1. The van der Waals surface area contributed by atoms with Gasteiger partial charge in [-0.05, 0) is 60.4 Å². The fourth-order valence-corrected chi connectivity index (χ4v) is 4.66. The minimum absolute atomic E-state index is 0.148. The van der Waals surface area contributed by atoms with E-state index in [2.05, 4.69) is 22.2 Å². The van der Waals surface area contributed by atoms with Crippen LogP contribution >= 0.6 is 11.3 Å². The molecule has 0 fully saturated rings. The molecule has 1 amide bonds. The minimum atomic E-state index is -0.632. The fraction of sp³-hybridized carbons (Fsp3) is 0.0741. The molecule has 8 nitrogen and oxygen atoms in total. The van der Waals surface area contributed by atoms with E-state index in [-0.39, 0.29) is 11.7 Å². The lowest BCUT2D eigenvalue weighted by Crippen LogP contribution is -2.25. The summed E-state index contributed by atoms with van der Waals surface area (Å²) in [6.45, 7) is 1.99. The van der Waals surface area contributed by atoms with E-state index in [0.29, 0.717) is 10.7 Å². The highest BCUT2D eigenvalue weighted by Crippen LogP contribution is 2.31. The van der Waals surface area contributed by atoms with Crippen LogP contribution in [-0.2, 0) is 6.42 Å². The molecule has 0 bridgehead atoms. The third-order valence-corrected chi connectivity index (χ3v) is 6.44. The van der Waals surface area contributed by atoms with Gasteiger partial charge in [0.15, 0.2) is 5.76 Å². The van der Waals surface area contributed by atoms with E-state index in [1.54, 1.807) is 12.1 Å². The number of fused-ring (bicyclic) bond motifs is 1. The lowest BCUT2D eigenvalue weighted by molar-refractivity contribution is -0.402. The molecule has 36 heavy (non-hydrogen) atoms. The molecule has 178 valence electrons. The quantitative estimate of drug-likeness (QED) is 0.148. The van der Waals surface area contributed by atoms with Gasteiger partial charge in [-0.25, -0.2) is 4.98 Å². The molecule has 0 saturated heterocycles. The van der Waals surface area contributed by atoms with Crippen molar-refractivity contribution in [3.05, 3.63) is 123 Å². The summed E-state index contributed by atoms with van der Waals surface area (Å²) in [5.74, 6) is -0.636. The van der Waals surface area contributed by atoms with Crippen LogP contribution in [0.1, 0.15) is 32.8 Å². The third-order valence-electron chi connectivity index (χ3n) is 5.45. The number of aryl methyl sites for hydroxylation is 1. The number of thiazole rings is 1. The van der Waals surface area contributed by atoms with Crippen LogP contribution < -0.4 is 5.01 Å². The standard InChI is InChI=1S/C27H20N4O4S/c1-18-7-13-23-24(15-18)36-27(29-23)30(28-17-22-12-14-25(35-22)31(33)34)26(32)21-10-8-20(9-11-21)16-19-5-3-2-4-6-19/h2-15,17H,16H2,1H3/b28-17+. The second-order valence-electron chi connectivity index (χ2n) is 8.12. The van der Waals surface area contributed by atoms with Crippen LogP contribution in [0.3, 0.4) is 0 Å². The molecule has 2 aromatic heterocycles. The highest BCUT2D eigenvalue weighted by Gasteiger charge is 2.22. The molecular formula is C27H20N4O4S. The molecule has 0 aliphatic heterocycles. The Morgan fingerprint density at radius 3 is 2.53 bits per heavy atom. The maximum absolute atomic E-state index is 13.5. The van der Waals surface area contributed by atoms with E-state index >= 15 is 0 Å². The van der Waals surface area contributed by atoms with Gasteiger partial charge < -0.3 is 4.42 Å². The summed E-state index contributed by atoms with van der Waals surface area (Å²) in [7, 11) is 0. The number of aromatic nitrogens is 1. The van der Waals surface area contributed by atoms with Crippen LogP contribution in [0.4, 0.5) is 11.0 Å². The minimum Gasteiger partial charge on any atom is -0.400 e. The Balaban J connectivity index is 1.46. The lowest BCUT2D eigenvalue weighted by atomic mass is 10.0. The number of nitrogens with zero attached hydrogens (tertiary/aromatic N) is 4. The molecule has 0 aliphatic carbocycles. The topological polar surface area (TPSA) is 102 Å². The summed E-state index contributed by atoms with van der Waals surface area (Å²) in [6, 6.07) is 25.9. The van der Waals surface area contributed by atoms with E-state index in [4.69, 9.17) is 4.42 Å². The molecule has 5 aromatic rings. The van der Waals surface area contributed by atoms with Crippen molar-refractivity contribution < 1.29 is 14.1 Å². The first-order valence-electron chi connectivity index (χ1n) is 11.1. The van der Waals surface area contributed by atoms with E-state index in [1.807, 2.05) is 55.5 Å². The summed E-state index contributed by atoms with van der Waals surface area (Å²) in [5, 5.41) is 16.8. The Morgan fingerprint density at radius 2 is 1.81 bits per heavy atom. The number of hydrazone groups is 1. The molecular weight excluding hydrogens is 476 g/mol. The summed E-state index contributed by atoms with van der Waals surface area (Å²) in [5.41, 5.74) is 4.52. The number of carbonyl (C=O) groups excluding carboxylic acids is 1. The number of furan rings is 1. The van der Waals surface area contributed by atoms with E-state index in [0.717, 1.165) is 27.8 Å². The van der Waals surface area contributed by atoms with Gasteiger partial charge in [0.25, 0.3) is 5.91 Å². The summed E-state index contributed by atoms with van der Waals surface area (Å²) in [6.07, 6.45) is 2.03. The maximum atomic E-state index is 13.5. The third kappa shape index (κ3) is 5.06. The lowest BCUT2D eigenvalue weighted by Gasteiger charge is -2.14. The predicted molar refractivity (Wildman–Crippen MR) is 140 cm³/mol. The monoisotopic (exact) mass is 496 g/mol. The van der Waals surface area contributed by atoms with Crippen LogP contribution in [0.5, 0.6) is 0 Å². The van der Waals surface area contributed by atoms with Gasteiger partial charge in [0.05, 0.1) is 22.5 Å². The number of amides is 1. The summed E-state index contributed by atoms with van der Waals surface area (Å²) < 4.78 is 6.08. The van der Waals surface area contributed by atoms with Crippen LogP contribution in [-0.4, -0.2) is 22.0 Å². The average Bonchev–Trinajstić information content (AvgIpc) is 3.52. The van der Waals surface area contributed by atoms with Crippen LogP contribution in [0.15, 0.2) is 94.4 Å². The Hall–Kier alpha value is -4.63. The van der Waals surface area contributed by atoms with Crippen LogP contribution in [0.25, 0.3) is 10.2 Å². The molecule has 0 radical (unpaired) electrons. The number of hydrogen-bond donors (Lipinski definition) is 0. The van der Waals surface area contributed by atoms with Gasteiger partial charge in [-0.3, -0.25) is 14.9 Å². The van der Waals surface area contributed by atoms with Gasteiger partial charge in [-0.1, -0.05) is 59.9 Å². The largest absolute Gasteiger partial charge is 0.433 e. The molecule has 0 unspecified atom stereocenters. The molecule has 0 aliphatic rings. The molecule has 9 heteroatoms. The van der Waals surface area contributed by atoms with Crippen LogP contribution in [0, 0.1) is 17.0 Å². The van der Waals surface area contributed by atoms with Crippen molar-refractivity contribution in [1.82, 2.24) is 4.98 Å². The SMILES string of the molecule is Cc1ccc2nc(N(/N=C/c3ccc([N+](=O)[O-])o3)C(=O)c3ccc(Cc4ccccc4)cc3)sc2c1. The van der Waals surface area contributed by atoms with Gasteiger partial charge >= 0.3 is 5.88 Å². The molecule has 5 rings (SSSR count). The summed E-state index contributed by atoms with van der Waals surface area (Å²) in [4.78, 5) is 28.4. The number of benzene rings is 3. The Morgan fingerprint density at radius 1 is 1.06 bits per heavy atom. The van der Waals surface area contributed by atoms with Crippen molar-refractivity contribution in [2.75, 3.05) is 5.01 Å². The second kappa shape index (κ2) is 9.93. The van der Waals surface area contributed by atoms with Gasteiger partial charge in [-0.15, -0.1) is 0 Å². The zero-order valence-corrected chi connectivity index (χ0v) is 20.0. The number of anilines is 1. The molecule has 0 atom stereocenters. The first-order chi connectivity index (χ1) is 17.5. The van der Waals surface area contributed by atoms with Crippen molar-refractivity contribution in [2.24, 2.45) is 5.10 Å².